The van der Waals surface area contributed by atoms with E-state index in [9.17, 15) is 22.8 Å². The number of hydrogen-bond donors (Lipinski definition) is 2. The molecule has 0 aliphatic rings. The zero-order valence-electron chi connectivity index (χ0n) is 14.3. The van der Waals surface area contributed by atoms with Gasteiger partial charge in [0.1, 0.15) is 0 Å². The van der Waals surface area contributed by atoms with Gasteiger partial charge in [0, 0.05) is 18.9 Å². The smallest absolute Gasteiger partial charge is 0.345 e. The molecule has 0 aliphatic heterocycles. The van der Waals surface area contributed by atoms with Crippen molar-refractivity contribution in [1.82, 2.24) is 15.1 Å². The van der Waals surface area contributed by atoms with Crippen molar-refractivity contribution in [3.8, 4) is 0 Å². The van der Waals surface area contributed by atoms with Crippen molar-refractivity contribution in [3.63, 3.8) is 0 Å². The van der Waals surface area contributed by atoms with Crippen molar-refractivity contribution >= 4 is 28.8 Å². The molecule has 3 aromatic rings. The molecular formula is C18H15F3N4O2S. The Balaban J connectivity index is 1.67. The summed E-state index contributed by atoms with van der Waals surface area (Å²) in [5.41, 5.74) is -0.614. The molecule has 0 radical (unpaired) electrons. The van der Waals surface area contributed by atoms with Crippen LogP contribution in [0, 0.1) is 0 Å². The van der Waals surface area contributed by atoms with Gasteiger partial charge in [-0.05, 0) is 40.6 Å². The Labute approximate surface area is 162 Å². The standard InChI is InChI=1S/C18H15F3N4O2S/c19-18(20,21)13-4-1-2-5-14(13)24-17(27)16(26)22-10-15(12-6-9-28-11-12)25-8-3-7-23-25/h1-9,11,15H,10H2,(H,22,26)(H,24,27). The molecule has 0 spiro atoms. The van der Waals surface area contributed by atoms with Crippen LogP contribution in [0.1, 0.15) is 17.2 Å². The van der Waals surface area contributed by atoms with Crippen LogP contribution in [0.25, 0.3) is 0 Å². The second-order valence-electron chi connectivity index (χ2n) is 5.77. The van der Waals surface area contributed by atoms with Crippen molar-refractivity contribution in [2.75, 3.05) is 11.9 Å². The second-order valence-corrected chi connectivity index (χ2v) is 6.55. The van der Waals surface area contributed by atoms with Crippen molar-refractivity contribution in [2.24, 2.45) is 0 Å². The summed E-state index contributed by atoms with van der Waals surface area (Å²) >= 11 is 1.47. The third-order valence-electron chi connectivity index (χ3n) is 3.92. The Morgan fingerprint density at radius 3 is 2.57 bits per heavy atom. The molecule has 1 atom stereocenters. The van der Waals surface area contributed by atoms with E-state index in [1.54, 1.807) is 23.1 Å². The number of amides is 2. The highest BCUT2D eigenvalue weighted by molar-refractivity contribution is 7.08. The van der Waals surface area contributed by atoms with Crippen LogP contribution in [0.5, 0.6) is 0 Å². The molecule has 6 nitrogen and oxygen atoms in total. The number of alkyl halides is 3. The molecule has 0 aliphatic carbocycles. The molecule has 2 amide bonds. The number of nitrogens with one attached hydrogen (secondary N) is 2. The van der Waals surface area contributed by atoms with Gasteiger partial charge in [-0.25, -0.2) is 0 Å². The van der Waals surface area contributed by atoms with Crippen molar-refractivity contribution in [2.45, 2.75) is 12.2 Å². The zero-order valence-corrected chi connectivity index (χ0v) is 15.1. The first-order valence-electron chi connectivity index (χ1n) is 8.13. The second kappa shape index (κ2) is 8.26. The van der Waals surface area contributed by atoms with Crippen LogP contribution in [0.4, 0.5) is 18.9 Å². The van der Waals surface area contributed by atoms with Gasteiger partial charge < -0.3 is 10.6 Å². The summed E-state index contributed by atoms with van der Waals surface area (Å²) in [6.45, 7) is 0.0472. The first kappa shape index (κ1) is 19.6. The largest absolute Gasteiger partial charge is 0.418 e. The Morgan fingerprint density at radius 1 is 1.14 bits per heavy atom. The Morgan fingerprint density at radius 2 is 1.93 bits per heavy atom. The topological polar surface area (TPSA) is 76.0 Å². The van der Waals surface area contributed by atoms with Crippen molar-refractivity contribution in [3.05, 3.63) is 70.7 Å². The molecule has 10 heteroatoms. The molecule has 0 fully saturated rings. The van der Waals surface area contributed by atoms with Gasteiger partial charge in [0.15, 0.2) is 0 Å². The van der Waals surface area contributed by atoms with Gasteiger partial charge in [-0.15, -0.1) is 0 Å². The number of aromatic nitrogens is 2. The molecule has 3 rings (SSSR count). The van der Waals surface area contributed by atoms with E-state index < -0.39 is 29.2 Å². The summed E-state index contributed by atoms with van der Waals surface area (Å²) in [6.07, 6.45) is -1.35. The molecule has 0 saturated carbocycles. The molecule has 0 bridgehead atoms. The molecule has 146 valence electrons. The molecule has 28 heavy (non-hydrogen) atoms. The third kappa shape index (κ3) is 4.58. The average molecular weight is 408 g/mol. The van der Waals surface area contributed by atoms with Crippen molar-refractivity contribution < 1.29 is 22.8 Å². The van der Waals surface area contributed by atoms with E-state index in [1.165, 1.54) is 23.5 Å². The van der Waals surface area contributed by atoms with E-state index in [0.717, 1.165) is 17.7 Å². The normalized spacial score (nSPS) is 12.4. The van der Waals surface area contributed by atoms with Crippen LogP contribution < -0.4 is 10.6 Å². The number of carbonyl (C=O) groups is 2. The maximum atomic E-state index is 13.0. The highest BCUT2D eigenvalue weighted by atomic mass is 32.1. The Hall–Kier alpha value is -3.14. The Kier molecular flexibility index (Phi) is 5.78. The number of para-hydroxylation sites is 1. The molecule has 0 saturated heterocycles. The van der Waals surface area contributed by atoms with Gasteiger partial charge in [-0.1, -0.05) is 12.1 Å². The first-order valence-corrected chi connectivity index (χ1v) is 9.07. The van der Waals surface area contributed by atoms with Gasteiger partial charge in [0.05, 0.1) is 17.3 Å². The summed E-state index contributed by atoms with van der Waals surface area (Å²) in [5.74, 6) is -2.22. The fourth-order valence-electron chi connectivity index (χ4n) is 2.58. The number of benzene rings is 1. The van der Waals surface area contributed by atoms with E-state index in [-0.39, 0.29) is 12.6 Å². The summed E-state index contributed by atoms with van der Waals surface area (Å²) < 4.78 is 40.6. The lowest BCUT2D eigenvalue weighted by molar-refractivity contribution is -0.138. The third-order valence-corrected chi connectivity index (χ3v) is 4.62. The SMILES string of the molecule is O=C(NCC(c1ccsc1)n1cccn1)C(=O)Nc1ccccc1C(F)(F)F. The highest BCUT2D eigenvalue weighted by Gasteiger charge is 2.34. The quantitative estimate of drug-likeness (QED) is 0.636. The van der Waals surface area contributed by atoms with Gasteiger partial charge in [-0.2, -0.15) is 29.6 Å². The predicted molar refractivity (Wildman–Crippen MR) is 97.8 cm³/mol. The monoisotopic (exact) mass is 408 g/mol. The van der Waals surface area contributed by atoms with Crippen LogP contribution in [0.15, 0.2) is 59.6 Å². The highest BCUT2D eigenvalue weighted by Crippen LogP contribution is 2.34. The predicted octanol–water partition coefficient (Wildman–Crippen LogP) is 3.31. The number of nitrogens with zero attached hydrogens (tertiary/aromatic N) is 2. The summed E-state index contributed by atoms with van der Waals surface area (Å²) in [5, 5.41) is 12.4. The minimum Gasteiger partial charge on any atom is -0.345 e. The molecule has 2 heterocycles. The lowest BCUT2D eigenvalue weighted by Gasteiger charge is -2.18. The van der Waals surface area contributed by atoms with Gasteiger partial charge in [0.25, 0.3) is 0 Å². The minimum atomic E-state index is -4.65. The Bertz CT molecular complexity index is 906. The van der Waals surface area contributed by atoms with E-state index in [4.69, 9.17) is 0 Å². The lowest BCUT2D eigenvalue weighted by Crippen LogP contribution is -2.39. The number of carbonyl (C=O) groups excluding carboxylic acids is 2. The number of anilines is 1. The molecule has 1 unspecified atom stereocenters. The van der Waals surface area contributed by atoms with Crippen LogP contribution in [-0.4, -0.2) is 28.1 Å². The zero-order chi connectivity index (χ0) is 20.1. The van der Waals surface area contributed by atoms with Gasteiger partial charge in [0.2, 0.25) is 0 Å². The summed E-state index contributed by atoms with van der Waals surface area (Å²) in [6, 6.07) is 7.70. The number of halogens is 3. The van der Waals surface area contributed by atoms with E-state index in [0.29, 0.717) is 0 Å². The van der Waals surface area contributed by atoms with Crippen LogP contribution in [0.2, 0.25) is 0 Å². The minimum absolute atomic E-state index is 0.0472. The average Bonchev–Trinajstić information content (AvgIpc) is 3.36. The van der Waals surface area contributed by atoms with Crippen LogP contribution in [0.3, 0.4) is 0 Å². The molecular weight excluding hydrogens is 393 g/mol. The summed E-state index contributed by atoms with van der Waals surface area (Å²) in [7, 11) is 0. The number of rotatable bonds is 5. The van der Waals surface area contributed by atoms with E-state index in [2.05, 4.69) is 10.4 Å². The van der Waals surface area contributed by atoms with E-state index in [1.807, 2.05) is 22.1 Å². The van der Waals surface area contributed by atoms with E-state index >= 15 is 0 Å². The van der Waals surface area contributed by atoms with Gasteiger partial charge in [-0.3, -0.25) is 14.3 Å². The molecule has 2 N–H and O–H groups in total. The first-order chi connectivity index (χ1) is 13.4. The van der Waals surface area contributed by atoms with Crippen LogP contribution in [-0.2, 0) is 15.8 Å². The maximum Gasteiger partial charge on any atom is 0.418 e. The fourth-order valence-corrected chi connectivity index (χ4v) is 3.29. The maximum absolute atomic E-state index is 13.0. The number of hydrogen-bond acceptors (Lipinski definition) is 4. The van der Waals surface area contributed by atoms with Crippen LogP contribution >= 0.6 is 11.3 Å². The molecule has 2 aromatic heterocycles. The molecule has 1 aromatic carbocycles. The van der Waals surface area contributed by atoms with Crippen molar-refractivity contribution in [1.29, 1.82) is 0 Å². The van der Waals surface area contributed by atoms with Gasteiger partial charge >= 0.3 is 18.0 Å². The fraction of sp³-hybridized carbons (Fsp3) is 0.167. The lowest BCUT2D eigenvalue weighted by atomic mass is 10.1. The number of thiophene rings is 1. The summed E-state index contributed by atoms with van der Waals surface area (Å²) in [4.78, 5) is 24.2.